The zero-order chi connectivity index (χ0) is 24.3. The van der Waals surface area contributed by atoms with Crippen LogP contribution in [0.2, 0.25) is 10.0 Å². The minimum atomic E-state index is -0.528. The highest BCUT2D eigenvalue weighted by Gasteiger charge is 2.30. The monoisotopic (exact) mass is 520 g/mol. The van der Waals surface area contributed by atoms with Gasteiger partial charge < -0.3 is 10.2 Å². The summed E-state index contributed by atoms with van der Waals surface area (Å²) in [5.41, 5.74) is 2.03. The number of benzene rings is 2. The molecule has 4 nitrogen and oxygen atoms in total. The van der Waals surface area contributed by atoms with E-state index in [0.717, 1.165) is 37.0 Å². The molecule has 184 valence electrons. The lowest BCUT2D eigenvalue weighted by Gasteiger charge is -2.33. The molecular weight excluding hydrogens is 487 g/mol. The van der Waals surface area contributed by atoms with Crippen molar-refractivity contribution in [3.8, 4) is 0 Å². The van der Waals surface area contributed by atoms with Crippen LogP contribution >= 0.6 is 35.0 Å². The predicted molar refractivity (Wildman–Crippen MR) is 143 cm³/mol. The fraction of sp³-hybridized carbons (Fsp3) is 0.481. The highest BCUT2D eigenvalue weighted by molar-refractivity contribution is 7.98. The van der Waals surface area contributed by atoms with Crippen molar-refractivity contribution in [3.63, 3.8) is 0 Å². The van der Waals surface area contributed by atoms with E-state index in [1.807, 2.05) is 31.2 Å². The summed E-state index contributed by atoms with van der Waals surface area (Å²) in [6.07, 6.45) is 6.45. The van der Waals surface area contributed by atoms with Gasteiger partial charge in [-0.2, -0.15) is 11.8 Å². The molecule has 2 aromatic rings. The summed E-state index contributed by atoms with van der Waals surface area (Å²) in [5, 5.41) is 4.26. The van der Waals surface area contributed by atoms with Crippen LogP contribution in [0.3, 0.4) is 0 Å². The first-order chi connectivity index (χ1) is 16.5. The number of hydrogen-bond acceptors (Lipinski definition) is 3. The number of halogens is 2. The molecule has 1 aliphatic carbocycles. The topological polar surface area (TPSA) is 49.4 Å². The molecule has 7 heteroatoms. The van der Waals surface area contributed by atoms with E-state index in [4.69, 9.17) is 23.2 Å². The smallest absolute Gasteiger partial charge is 0.243 e. The van der Waals surface area contributed by atoms with Crippen LogP contribution in [0.1, 0.15) is 63.0 Å². The number of hydrogen-bond donors (Lipinski definition) is 1. The van der Waals surface area contributed by atoms with E-state index >= 15 is 0 Å². The quantitative estimate of drug-likeness (QED) is 0.328. The summed E-state index contributed by atoms with van der Waals surface area (Å²) in [6, 6.07) is 15.2. The minimum Gasteiger partial charge on any atom is -0.352 e. The summed E-state index contributed by atoms with van der Waals surface area (Å²) in [6.45, 7) is 2.24. The van der Waals surface area contributed by atoms with Crippen LogP contribution in [0.25, 0.3) is 0 Å². The molecule has 0 radical (unpaired) electrons. The molecule has 0 heterocycles. The third-order valence-corrected chi connectivity index (χ3v) is 7.88. The molecule has 0 saturated heterocycles. The second kappa shape index (κ2) is 14.0. The Morgan fingerprint density at radius 2 is 1.82 bits per heavy atom. The van der Waals surface area contributed by atoms with Crippen molar-refractivity contribution >= 4 is 46.8 Å². The van der Waals surface area contributed by atoms with Crippen molar-refractivity contribution in [2.24, 2.45) is 0 Å². The van der Waals surface area contributed by atoms with E-state index in [1.54, 1.807) is 28.8 Å². The van der Waals surface area contributed by atoms with E-state index in [-0.39, 0.29) is 24.4 Å². The molecule has 1 N–H and O–H groups in total. The van der Waals surface area contributed by atoms with Crippen LogP contribution in [0.4, 0.5) is 0 Å². The SMILES string of the molecule is CC[C@@H](C(=O)NC1CCCCC1)N(Cc1ccc(Cl)cc1Cl)C(=O)CCSCc1ccccc1. The van der Waals surface area contributed by atoms with Crippen molar-refractivity contribution in [1.29, 1.82) is 0 Å². The summed E-state index contributed by atoms with van der Waals surface area (Å²) in [7, 11) is 0. The summed E-state index contributed by atoms with van der Waals surface area (Å²) < 4.78 is 0. The standard InChI is InChI=1S/C27H34Cl2N2O2S/c1-2-25(27(33)30-23-11-7-4-8-12-23)31(18-21-13-14-22(28)17-24(21)29)26(32)15-16-34-19-20-9-5-3-6-10-20/h3,5-6,9-10,13-14,17,23,25H,2,4,7-8,11-12,15-16,18-19H2,1H3,(H,30,33)/t25-/m0/s1. The van der Waals surface area contributed by atoms with Crippen LogP contribution in [-0.4, -0.2) is 34.6 Å². The van der Waals surface area contributed by atoms with E-state index in [0.29, 0.717) is 28.6 Å². The molecule has 0 unspecified atom stereocenters. The maximum absolute atomic E-state index is 13.4. The normalized spacial score (nSPS) is 15.0. The number of amides is 2. The molecule has 0 spiro atoms. The molecule has 1 atom stereocenters. The highest BCUT2D eigenvalue weighted by Crippen LogP contribution is 2.25. The Hall–Kier alpha value is -1.69. The Labute approximate surface area is 217 Å². The van der Waals surface area contributed by atoms with Gasteiger partial charge in [-0.1, -0.05) is 85.8 Å². The van der Waals surface area contributed by atoms with Gasteiger partial charge in [0.25, 0.3) is 0 Å². The lowest BCUT2D eigenvalue weighted by Crippen LogP contribution is -2.51. The van der Waals surface area contributed by atoms with Gasteiger partial charge >= 0.3 is 0 Å². The maximum atomic E-state index is 13.4. The average Bonchev–Trinajstić information content (AvgIpc) is 2.84. The van der Waals surface area contributed by atoms with Crippen LogP contribution in [0.15, 0.2) is 48.5 Å². The average molecular weight is 522 g/mol. The Bertz CT molecular complexity index is 935. The number of rotatable bonds is 11. The first-order valence-electron chi connectivity index (χ1n) is 12.1. The predicted octanol–water partition coefficient (Wildman–Crippen LogP) is 6.87. The fourth-order valence-electron chi connectivity index (χ4n) is 4.36. The van der Waals surface area contributed by atoms with Gasteiger partial charge in [-0.3, -0.25) is 9.59 Å². The van der Waals surface area contributed by atoms with Crippen molar-refractivity contribution < 1.29 is 9.59 Å². The van der Waals surface area contributed by atoms with Crippen LogP contribution in [-0.2, 0) is 21.9 Å². The molecular formula is C27H34Cl2N2O2S. The highest BCUT2D eigenvalue weighted by atomic mass is 35.5. The van der Waals surface area contributed by atoms with E-state index in [9.17, 15) is 9.59 Å². The van der Waals surface area contributed by atoms with Crippen LogP contribution in [0.5, 0.6) is 0 Å². The molecule has 0 bridgehead atoms. The molecule has 1 saturated carbocycles. The van der Waals surface area contributed by atoms with E-state index < -0.39 is 6.04 Å². The molecule has 0 aliphatic heterocycles. The summed E-state index contributed by atoms with van der Waals surface area (Å²) in [5.74, 6) is 1.46. The Kier molecular flexibility index (Phi) is 11.1. The number of thioether (sulfide) groups is 1. The molecule has 2 amide bonds. The van der Waals surface area contributed by atoms with Crippen LogP contribution in [0, 0.1) is 0 Å². The number of nitrogens with one attached hydrogen (secondary N) is 1. The summed E-state index contributed by atoms with van der Waals surface area (Å²) in [4.78, 5) is 28.4. The zero-order valence-electron chi connectivity index (χ0n) is 19.8. The Morgan fingerprint density at radius 3 is 2.50 bits per heavy atom. The third-order valence-electron chi connectivity index (χ3n) is 6.27. The largest absolute Gasteiger partial charge is 0.352 e. The summed E-state index contributed by atoms with van der Waals surface area (Å²) >= 11 is 14.2. The van der Waals surface area contributed by atoms with Gasteiger partial charge in [0.15, 0.2) is 0 Å². The van der Waals surface area contributed by atoms with Gasteiger partial charge in [-0.15, -0.1) is 0 Å². The zero-order valence-corrected chi connectivity index (χ0v) is 22.1. The van der Waals surface area contributed by atoms with Crippen LogP contribution < -0.4 is 5.32 Å². The molecule has 34 heavy (non-hydrogen) atoms. The Balaban J connectivity index is 1.68. The van der Waals surface area contributed by atoms with Gasteiger partial charge in [0.1, 0.15) is 6.04 Å². The third kappa shape index (κ3) is 8.21. The number of nitrogens with zero attached hydrogens (tertiary/aromatic N) is 1. The lowest BCUT2D eigenvalue weighted by molar-refractivity contribution is -0.141. The van der Waals surface area contributed by atoms with Gasteiger partial charge in [-0.25, -0.2) is 0 Å². The second-order valence-corrected chi connectivity index (χ2v) is 10.8. The lowest BCUT2D eigenvalue weighted by atomic mass is 9.95. The maximum Gasteiger partial charge on any atom is 0.243 e. The van der Waals surface area contributed by atoms with E-state index in [1.165, 1.54) is 12.0 Å². The first-order valence-corrected chi connectivity index (χ1v) is 14.0. The van der Waals surface area contributed by atoms with Crippen molar-refractivity contribution in [2.75, 3.05) is 5.75 Å². The van der Waals surface area contributed by atoms with E-state index in [2.05, 4.69) is 17.4 Å². The first kappa shape index (κ1) is 26.9. The second-order valence-electron chi connectivity index (χ2n) is 8.81. The molecule has 2 aromatic carbocycles. The van der Waals surface area contributed by atoms with Crippen molar-refractivity contribution in [3.05, 3.63) is 69.7 Å². The Morgan fingerprint density at radius 1 is 1.09 bits per heavy atom. The van der Waals surface area contributed by atoms with Gasteiger partial charge in [0, 0.05) is 40.6 Å². The molecule has 1 aliphatic rings. The molecule has 0 aromatic heterocycles. The van der Waals surface area contributed by atoms with Crippen molar-refractivity contribution in [2.45, 2.75) is 76.3 Å². The number of carbonyl (C=O) groups excluding carboxylic acids is 2. The molecule has 3 rings (SSSR count). The fourth-order valence-corrected chi connectivity index (χ4v) is 5.72. The minimum absolute atomic E-state index is 0.0303. The van der Waals surface area contributed by atoms with Gasteiger partial charge in [-0.05, 0) is 42.5 Å². The molecule has 1 fully saturated rings. The van der Waals surface area contributed by atoms with Gasteiger partial charge in [0.2, 0.25) is 11.8 Å². The van der Waals surface area contributed by atoms with Gasteiger partial charge in [0.05, 0.1) is 0 Å². The number of carbonyl (C=O) groups is 2. The van der Waals surface area contributed by atoms with Crippen molar-refractivity contribution in [1.82, 2.24) is 10.2 Å².